The SMILES string of the molecule is N#CCCN(C(=O)COC(=O)c1n[nH]c2ccccc12)c1cccc(C(F)(F)F)c1. The molecule has 0 atom stereocenters. The number of aromatic nitrogens is 2. The topological polar surface area (TPSA) is 99.1 Å². The van der Waals surface area contributed by atoms with Gasteiger partial charge in [-0.2, -0.15) is 23.5 Å². The first-order chi connectivity index (χ1) is 14.3. The summed E-state index contributed by atoms with van der Waals surface area (Å²) < 4.78 is 44.0. The number of fused-ring (bicyclic) bond motifs is 1. The molecule has 30 heavy (non-hydrogen) atoms. The molecule has 3 aromatic rings. The first-order valence-corrected chi connectivity index (χ1v) is 8.76. The maximum Gasteiger partial charge on any atom is 0.416 e. The van der Waals surface area contributed by atoms with Crippen LogP contribution in [-0.4, -0.2) is 35.2 Å². The number of nitrogens with zero attached hydrogens (tertiary/aromatic N) is 3. The molecule has 0 unspecified atom stereocenters. The molecular weight excluding hydrogens is 401 g/mol. The van der Waals surface area contributed by atoms with Crippen LogP contribution in [0.2, 0.25) is 0 Å². The van der Waals surface area contributed by atoms with Crippen LogP contribution in [0.4, 0.5) is 18.9 Å². The standard InChI is InChI=1S/C20H15F3N4O3/c21-20(22,23)13-5-3-6-14(11-13)27(10-4-9-24)17(28)12-30-19(29)18-15-7-1-2-8-16(15)25-26-18/h1-3,5-8,11H,4,10,12H2,(H,25,26). The molecule has 0 radical (unpaired) electrons. The van der Waals surface area contributed by atoms with Crippen molar-refractivity contribution >= 4 is 28.5 Å². The predicted molar refractivity (Wildman–Crippen MR) is 100 cm³/mol. The van der Waals surface area contributed by atoms with Crippen molar-refractivity contribution < 1.29 is 27.5 Å². The molecule has 0 saturated heterocycles. The van der Waals surface area contributed by atoms with Crippen molar-refractivity contribution in [1.29, 1.82) is 5.26 Å². The van der Waals surface area contributed by atoms with E-state index in [4.69, 9.17) is 10.00 Å². The van der Waals surface area contributed by atoms with Crippen LogP contribution in [-0.2, 0) is 15.7 Å². The highest BCUT2D eigenvalue weighted by atomic mass is 19.4. The Morgan fingerprint density at radius 3 is 2.67 bits per heavy atom. The molecule has 1 aromatic heterocycles. The number of carbonyl (C=O) groups excluding carboxylic acids is 2. The predicted octanol–water partition coefficient (Wildman–Crippen LogP) is 3.69. The van der Waals surface area contributed by atoms with Crippen LogP contribution in [0.3, 0.4) is 0 Å². The van der Waals surface area contributed by atoms with Gasteiger partial charge in [0.05, 0.1) is 23.6 Å². The summed E-state index contributed by atoms with van der Waals surface area (Å²) in [5, 5.41) is 15.9. The number of anilines is 1. The molecule has 0 aliphatic carbocycles. The number of H-pyrrole nitrogens is 1. The number of hydrogen-bond donors (Lipinski definition) is 1. The Balaban J connectivity index is 1.76. The van der Waals surface area contributed by atoms with Crippen molar-refractivity contribution in [2.24, 2.45) is 0 Å². The minimum Gasteiger partial charge on any atom is -0.451 e. The lowest BCUT2D eigenvalue weighted by Crippen LogP contribution is -2.35. The number of alkyl halides is 3. The summed E-state index contributed by atoms with van der Waals surface area (Å²) in [7, 11) is 0. The van der Waals surface area contributed by atoms with Gasteiger partial charge in [-0.3, -0.25) is 9.89 Å². The highest BCUT2D eigenvalue weighted by molar-refractivity contribution is 6.03. The van der Waals surface area contributed by atoms with E-state index in [0.717, 1.165) is 23.1 Å². The molecule has 154 valence electrons. The van der Waals surface area contributed by atoms with Gasteiger partial charge in [-0.15, -0.1) is 0 Å². The van der Waals surface area contributed by atoms with Crippen LogP contribution in [0.1, 0.15) is 22.5 Å². The van der Waals surface area contributed by atoms with E-state index in [1.807, 2.05) is 6.07 Å². The second-order valence-corrected chi connectivity index (χ2v) is 6.20. The quantitative estimate of drug-likeness (QED) is 0.618. The van der Waals surface area contributed by atoms with E-state index in [0.29, 0.717) is 10.9 Å². The van der Waals surface area contributed by atoms with Gasteiger partial charge in [-0.05, 0) is 24.3 Å². The molecule has 0 fully saturated rings. The van der Waals surface area contributed by atoms with Gasteiger partial charge >= 0.3 is 12.1 Å². The second-order valence-electron chi connectivity index (χ2n) is 6.20. The van der Waals surface area contributed by atoms with E-state index < -0.39 is 30.2 Å². The number of para-hydroxylation sites is 1. The Kier molecular flexibility index (Phi) is 6.01. The zero-order valence-electron chi connectivity index (χ0n) is 15.4. The number of nitriles is 1. The number of benzene rings is 2. The lowest BCUT2D eigenvalue weighted by atomic mass is 10.1. The Labute approximate surface area is 168 Å². The van der Waals surface area contributed by atoms with Crippen LogP contribution in [0.15, 0.2) is 48.5 Å². The first kappa shape index (κ1) is 20.9. The molecule has 2 aromatic carbocycles. The highest BCUT2D eigenvalue weighted by Crippen LogP contribution is 2.31. The molecule has 1 heterocycles. The molecule has 1 N–H and O–H groups in total. The van der Waals surface area contributed by atoms with Gasteiger partial charge in [-0.1, -0.05) is 24.3 Å². The lowest BCUT2D eigenvalue weighted by molar-refractivity contribution is -0.137. The number of ether oxygens (including phenoxy) is 1. The van der Waals surface area contributed by atoms with E-state index >= 15 is 0 Å². The normalized spacial score (nSPS) is 11.1. The number of nitrogens with one attached hydrogen (secondary N) is 1. The van der Waals surface area contributed by atoms with E-state index in [2.05, 4.69) is 10.2 Å². The van der Waals surface area contributed by atoms with E-state index in [-0.39, 0.29) is 24.3 Å². The van der Waals surface area contributed by atoms with Crippen LogP contribution in [0.25, 0.3) is 10.9 Å². The molecule has 10 heteroatoms. The summed E-state index contributed by atoms with van der Waals surface area (Å²) in [6, 6.07) is 12.8. The third-order valence-electron chi connectivity index (χ3n) is 4.22. The summed E-state index contributed by atoms with van der Waals surface area (Å²) in [5.41, 5.74) is -0.391. The van der Waals surface area contributed by atoms with Gasteiger partial charge in [-0.25, -0.2) is 4.79 Å². The number of aromatic amines is 1. The number of rotatable bonds is 6. The van der Waals surface area contributed by atoms with Crippen molar-refractivity contribution in [3.63, 3.8) is 0 Å². The van der Waals surface area contributed by atoms with E-state index in [1.165, 1.54) is 6.07 Å². The highest BCUT2D eigenvalue weighted by Gasteiger charge is 2.31. The average molecular weight is 416 g/mol. The van der Waals surface area contributed by atoms with Gasteiger partial charge in [0.15, 0.2) is 12.3 Å². The Hall–Kier alpha value is -3.87. The molecule has 0 aliphatic heterocycles. The average Bonchev–Trinajstić information content (AvgIpc) is 3.16. The van der Waals surface area contributed by atoms with Gasteiger partial charge in [0.2, 0.25) is 0 Å². The fourth-order valence-corrected chi connectivity index (χ4v) is 2.80. The van der Waals surface area contributed by atoms with Crippen molar-refractivity contribution in [3.8, 4) is 6.07 Å². The van der Waals surface area contributed by atoms with Crippen LogP contribution in [0, 0.1) is 11.3 Å². The summed E-state index contributed by atoms with van der Waals surface area (Å²) in [4.78, 5) is 25.9. The molecule has 0 saturated carbocycles. The first-order valence-electron chi connectivity index (χ1n) is 8.76. The Morgan fingerprint density at radius 2 is 1.93 bits per heavy atom. The maximum atomic E-state index is 13.0. The number of halogens is 3. The van der Waals surface area contributed by atoms with Gasteiger partial charge in [0.25, 0.3) is 5.91 Å². The monoisotopic (exact) mass is 416 g/mol. The van der Waals surface area contributed by atoms with Crippen molar-refractivity contribution in [2.75, 3.05) is 18.1 Å². The number of hydrogen-bond acceptors (Lipinski definition) is 5. The lowest BCUT2D eigenvalue weighted by Gasteiger charge is -2.22. The molecule has 1 amide bonds. The fraction of sp³-hybridized carbons (Fsp3) is 0.200. The van der Waals surface area contributed by atoms with Gasteiger partial charge < -0.3 is 9.64 Å². The van der Waals surface area contributed by atoms with Crippen molar-refractivity contribution in [3.05, 3.63) is 59.8 Å². The molecule has 7 nitrogen and oxygen atoms in total. The van der Waals surface area contributed by atoms with Crippen LogP contribution >= 0.6 is 0 Å². The minimum atomic E-state index is -4.59. The zero-order valence-corrected chi connectivity index (χ0v) is 15.4. The van der Waals surface area contributed by atoms with Gasteiger partial charge in [0, 0.05) is 17.6 Å². The molecule has 0 aliphatic rings. The Bertz CT molecular complexity index is 1120. The third kappa shape index (κ3) is 4.57. The van der Waals surface area contributed by atoms with Crippen LogP contribution < -0.4 is 4.90 Å². The smallest absolute Gasteiger partial charge is 0.416 e. The third-order valence-corrected chi connectivity index (χ3v) is 4.22. The van der Waals surface area contributed by atoms with Gasteiger partial charge in [0.1, 0.15) is 0 Å². The summed E-state index contributed by atoms with van der Waals surface area (Å²) in [6.45, 7) is -0.874. The van der Waals surface area contributed by atoms with E-state index in [9.17, 15) is 22.8 Å². The number of carbonyl (C=O) groups is 2. The molecular formula is C20H15F3N4O3. The van der Waals surface area contributed by atoms with Crippen molar-refractivity contribution in [2.45, 2.75) is 12.6 Å². The minimum absolute atomic E-state index is 0.0129. The summed E-state index contributed by atoms with van der Waals surface area (Å²) in [6.07, 6.45) is -4.70. The largest absolute Gasteiger partial charge is 0.451 e. The van der Waals surface area contributed by atoms with E-state index in [1.54, 1.807) is 24.3 Å². The fourth-order valence-electron chi connectivity index (χ4n) is 2.80. The molecule has 0 spiro atoms. The van der Waals surface area contributed by atoms with Crippen molar-refractivity contribution in [1.82, 2.24) is 10.2 Å². The van der Waals surface area contributed by atoms with Crippen LogP contribution in [0.5, 0.6) is 0 Å². The molecule has 3 rings (SSSR count). The Morgan fingerprint density at radius 1 is 1.17 bits per heavy atom. The maximum absolute atomic E-state index is 13.0. The zero-order chi connectivity index (χ0) is 21.7. The summed E-state index contributed by atoms with van der Waals surface area (Å²) in [5.74, 6) is -1.62. The number of esters is 1. The second kappa shape index (κ2) is 8.65. The summed E-state index contributed by atoms with van der Waals surface area (Å²) >= 11 is 0. The number of amides is 1. The molecule has 0 bridgehead atoms.